The number of nitrogens with zero attached hydrogens (tertiary/aromatic N) is 5. The van der Waals surface area contributed by atoms with Crippen LogP contribution < -0.4 is 5.32 Å². The van der Waals surface area contributed by atoms with Crippen molar-refractivity contribution in [1.82, 2.24) is 19.5 Å². The van der Waals surface area contributed by atoms with E-state index in [0.29, 0.717) is 23.8 Å². The lowest BCUT2D eigenvalue weighted by atomic mass is 9.92. The largest absolute Gasteiger partial charge is 0.349 e. The summed E-state index contributed by atoms with van der Waals surface area (Å²) in [6, 6.07) is 4.28. The van der Waals surface area contributed by atoms with Crippen molar-refractivity contribution >= 4 is 27.5 Å². The van der Waals surface area contributed by atoms with Gasteiger partial charge in [0, 0.05) is 25.3 Å². The molecule has 6 nitrogen and oxygen atoms in total. The van der Waals surface area contributed by atoms with Gasteiger partial charge in [0.15, 0.2) is 11.8 Å². The number of nitriles is 1. The predicted molar refractivity (Wildman–Crippen MR) is 81.5 cm³/mol. The van der Waals surface area contributed by atoms with Crippen molar-refractivity contribution in [2.45, 2.75) is 18.9 Å². The molecule has 3 atom stereocenters. The van der Waals surface area contributed by atoms with Gasteiger partial charge in [0.2, 0.25) is 5.95 Å². The number of anilines is 1. The molecule has 2 bridgehead atoms. The summed E-state index contributed by atoms with van der Waals surface area (Å²) in [5.41, 5.74) is 0.821. The molecule has 2 aliphatic rings. The smallest absolute Gasteiger partial charge is 0.243 e. The van der Waals surface area contributed by atoms with Crippen molar-refractivity contribution in [3.63, 3.8) is 0 Å². The van der Waals surface area contributed by atoms with Crippen molar-refractivity contribution in [3.8, 4) is 6.19 Å². The molecular weight excluding hydrogens is 332 g/mol. The molecule has 0 spiro atoms. The maximum absolute atomic E-state index is 9.08. The molecule has 0 aromatic carbocycles. The topological polar surface area (TPSA) is 69.2 Å². The number of hydrogen-bond donors (Lipinski definition) is 1. The Morgan fingerprint density at radius 3 is 2.76 bits per heavy atom. The molecule has 1 aliphatic heterocycles. The molecule has 21 heavy (non-hydrogen) atoms. The Morgan fingerprint density at radius 2 is 2.10 bits per heavy atom. The Hall–Kier alpha value is -1.81. The standard InChI is InChI=1S/C14H15BrN6/c15-11-2-1-5-21-13(11)18-14(19-21)17-12-9-3-4-10(12)7-20(6-9)8-16/h1-2,5,9-10,12H,3-4,6-7H2,(H,17,19)/t9-,10?,12-/m0/s1. The second kappa shape index (κ2) is 4.88. The second-order valence-electron chi connectivity index (χ2n) is 5.83. The van der Waals surface area contributed by atoms with Crippen LogP contribution in [-0.2, 0) is 0 Å². The molecule has 1 saturated carbocycles. The zero-order valence-corrected chi connectivity index (χ0v) is 13.0. The molecule has 7 heteroatoms. The first-order valence-corrected chi connectivity index (χ1v) is 7.96. The van der Waals surface area contributed by atoms with Gasteiger partial charge in [-0.1, -0.05) is 0 Å². The maximum Gasteiger partial charge on any atom is 0.243 e. The van der Waals surface area contributed by atoms with E-state index < -0.39 is 0 Å². The minimum atomic E-state index is 0.380. The molecule has 0 radical (unpaired) electrons. The van der Waals surface area contributed by atoms with Crippen LogP contribution in [0.5, 0.6) is 0 Å². The summed E-state index contributed by atoms with van der Waals surface area (Å²) in [6.07, 6.45) is 6.53. The molecule has 3 heterocycles. The molecule has 2 fully saturated rings. The van der Waals surface area contributed by atoms with E-state index in [1.807, 2.05) is 23.2 Å². The van der Waals surface area contributed by atoms with E-state index in [-0.39, 0.29) is 0 Å². The Bertz CT molecular complexity index is 706. The highest BCUT2D eigenvalue weighted by Gasteiger charge is 2.42. The van der Waals surface area contributed by atoms with Gasteiger partial charge in [-0.2, -0.15) is 10.2 Å². The van der Waals surface area contributed by atoms with Crippen LogP contribution in [0, 0.1) is 23.3 Å². The fourth-order valence-corrected chi connectivity index (χ4v) is 4.05. The second-order valence-corrected chi connectivity index (χ2v) is 6.69. The lowest BCUT2D eigenvalue weighted by molar-refractivity contribution is 0.217. The lowest BCUT2D eigenvalue weighted by Crippen LogP contribution is -2.46. The van der Waals surface area contributed by atoms with Crippen LogP contribution >= 0.6 is 15.9 Å². The zero-order chi connectivity index (χ0) is 14.4. The number of piperidine rings is 1. The summed E-state index contributed by atoms with van der Waals surface area (Å²) < 4.78 is 2.71. The minimum absolute atomic E-state index is 0.380. The highest BCUT2D eigenvalue weighted by atomic mass is 79.9. The monoisotopic (exact) mass is 346 g/mol. The molecule has 1 aliphatic carbocycles. The SMILES string of the molecule is N#CN1CC2CC[C@@H](C1)[C@@H]2Nc1nc2c(Br)cccn2n1. The van der Waals surface area contributed by atoms with Crippen molar-refractivity contribution in [2.75, 3.05) is 18.4 Å². The fourth-order valence-electron chi connectivity index (χ4n) is 3.62. The van der Waals surface area contributed by atoms with Crippen molar-refractivity contribution < 1.29 is 0 Å². The first kappa shape index (κ1) is 12.9. The molecule has 0 amide bonds. The van der Waals surface area contributed by atoms with E-state index in [1.165, 1.54) is 12.8 Å². The number of aromatic nitrogens is 3. The highest BCUT2D eigenvalue weighted by Crippen LogP contribution is 2.38. The van der Waals surface area contributed by atoms with Crippen LogP contribution in [-0.4, -0.2) is 38.6 Å². The maximum atomic E-state index is 9.08. The number of fused-ring (bicyclic) bond motifs is 3. The molecular formula is C14H15BrN6. The van der Waals surface area contributed by atoms with Crippen molar-refractivity contribution in [1.29, 1.82) is 5.26 Å². The van der Waals surface area contributed by atoms with Gasteiger partial charge in [0.05, 0.1) is 4.47 Å². The molecule has 4 rings (SSSR count). The van der Waals surface area contributed by atoms with Gasteiger partial charge in [-0.05, 0) is 52.7 Å². The third-order valence-electron chi connectivity index (χ3n) is 4.59. The number of halogens is 1. The van der Waals surface area contributed by atoms with Crippen molar-refractivity contribution in [2.24, 2.45) is 11.8 Å². The van der Waals surface area contributed by atoms with Crippen LogP contribution in [0.4, 0.5) is 5.95 Å². The van der Waals surface area contributed by atoms with Gasteiger partial charge in [-0.25, -0.2) is 4.52 Å². The normalized spacial score (nSPS) is 27.8. The highest BCUT2D eigenvalue weighted by molar-refractivity contribution is 9.10. The average molecular weight is 347 g/mol. The van der Waals surface area contributed by atoms with Gasteiger partial charge in [0.1, 0.15) is 0 Å². The number of pyridine rings is 1. The van der Waals surface area contributed by atoms with Gasteiger partial charge < -0.3 is 10.2 Å². The van der Waals surface area contributed by atoms with Gasteiger partial charge in [-0.15, -0.1) is 5.10 Å². The van der Waals surface area contributed by atoms with Crippen LogP contribution in [0.3, 0.4) is 0 Å². The van der Waals surface area contributed by atoms with E-state index in [1.54, 1.807) is 4.52 Å². The summed E-state index contributed by atoms with van der Waals surface area (Å²) in [4.78, 5) is 6.44. The minimum Gasteiger partial charge on any atom is -0.349 e. The number of hydrogen-bond acceptors (Lipinski definition) is 5. The summed E-state index contributed by atoms with van der Waals surface area (Å²) >= 11 is 3.49. The Kier molecular flexibility index (Phi) is 3.00. The molecule has 1 unspecified atom stereocenters. The predicted octanol–water partition coefficient (Wildman–Crippen LogP) is 2.10. The van der Waals surface area contributed by atoms with E-state index >= 15 is 0 Å². The third kappa shape index (κ3) is 2.14. The summed E-state index contributed by atoms with van der Waals surface area (Å²) in [5.74, 6) is 1.70. The quantitative estimate of drug-likeness (QED) is 0.843. The number of nitrogens with one attached hydrogen (secondary N) is 1. The van der Waals surface area contributed by atoms with Crippen LogP contribution in [0.1, 0.15) is 12.8 Å². The van der Waals surface area contributed by atoms with E-state index in [4.69, 9.17) is 5.26 Å². The lowest BCUT2D eigenvalue weighted by Gasteiger charge is -2.35. The molecule has 2 aromatic heterocycles. The van der Waals surface area contributed by atoms with Gasteiger partial charge in [-0.3, -0.25) is 0 Å². The van der Waals surface area contributed by atoms with Gasteiger partial charge >= 0.3 is 0 Å². The van der Waals surface area contributed by atoms with Crippen LogP contribution in [0.25, 0.3) is 5.65 Å². The molecule has 1 N–H and O–H groups in total. The molecule has 1 saturated heterocycles. The van der Waals surface area contributed by atoms with Crippen LogP contribution in [0.2, 0.25) is 0 Å². The van der Waals surface area contributed by atoms with E-state index in [0.717, 1.165) is 23.2 Å². The first-order chi connectivity index (χ1) is 10.2. The van der Waals surface area contributed by atoms with E-state index in [9.17, 15) is 0 Å². The summed E-state index contributed by atoms with van der Waals surface area (Å²) in [7, 11) is 0. The van der Waals surface area contributed by atoms with Gasteiger partial charge in [0.25, 0.3) is 0 Å². The van der Waals surface area contributed by atoms with Crippen LogP contribution in [0.15, 0.2) is 22.8 Å². The Morgan fingerprint density at radius 1 is 1.33 bits per heavy atom. The fraction of sp³-hybridized carbons (Fsp3) is 0.500. The zero-order valence-electron chi connectivity index (χ0n) is 11.4. The number of rotatable bonds is 2. The van der Waals surface area contributed by atoms with E-state index in [2.05, 4.69) is 37.5 Å². The first-order valence-electron chi connectivity index (χ1n) is 7.16. The summed E-state index contributed by atoms with van der Waals surface area (Å²) in [5, 5.41) is 17.1. The number of likely N-dealkylation sites (tertiary alicyclic amines) is 1. The Labute approximate surface area is 130 Å². The molecule has 2 aromatic rings. The Balaban J connectivity index is 1.58. The average Bonchev–Trinajstić information content (AvgIpc) is 2.98. The molecule has 108 valence electrons. The van der Waals surface area contributed by atoms with Crippen molar-refractivity contribution in [3.05, 3.63) is 22.8 Å². The third-order valence-corrected chi connectivity index (χ3v) is 5.20. The summed E-state index contributed by atoms with van der Waals surface area (Å²) in [6.45, 7) is 1.70.